The predicted octanol–water partition coefficient (Wildman–Crippen LogP) is 2.34. The van der Waals surface area contributed by atoms with Gasteiger partial charge in [-0.1, -0.05) is 26.0 Å². The minimum Gasteiger partial charge on any atom is -0.508 e. The van der Waals surface area contributed by atoms with Crippen LogP contribution < -0.4 is 0 Å². The molecule has 0 aliphatic carbocycles. The average molecular weight is 194 g/mol. The largest absolute Gasteiger partial charge is 0.508 e. The second-order valence-electron chi connectivity index (χ2n) is 4.02. The Morgan fingerprint density at radius 2 is 2.00 bits per heavy atom. The van der Waals surface area contributed by atoms with Gasteiger partial charge in [0, 0.05) is 0 Å². The van der Waals surface area contributed by atoms with E-state index in [1.165, 1.54) is 0 Å². The second-order valence-corrected chi connectivity index (χ2v) is 4.02. The zero-order chi connectivity index (χ0) is 10.6. The van der Waals surface area contributed by atoms with E-state index in [-0.39, 0.29) is 6.10 Å². The molecule has 0 bridgehead atoms. The van der Waals surface area contributed by atoms with E-state index in [1.54, 1.807) is 12.1 Å². The van der Waals surface area contributed by atoms with Crippen molar-refractivity contribution in [2.75, 3.05) is 0 Å². The Bertz CT molecular complexity index is 281. The molecule has 1 aromatic carbocycles. The summed E-state index contributed by atoms with van der Waals surface area (Å²) in [6, 6.07) is 7.19. The van der Waals surface area contributed by atoms with Crippen molar-refractivity contribution in [2.45, 2.75) is 32.8 Å². The maximum atomic E-state index is 9.59. The molecule has 78 valence electrons. The van der Waals surface area contributed by atoms with Gasteiger partial charge in [0.1, 0.15) is 5.75 Å². The number of benzene rings is 1. The SMILES string of the molecule is CC(C)C(O)CCc1cccc(O)c1. The van der Waals surface area contributed by atoms with Crippen LogP contribution in [-0.4, -0.2) is 16.3 Å². The van der Waals surface area contributed by atoms with Crippen LogP contribution in [-0.2, 0) is 6.42 Å². The molecule has 2 nitrogen and oxygen atoms in total. The first-order chi connectivity index (χ1) is 6.59. The smallest absolute Gasteiger partial charge is 0.115 e. The zero-order valence-corrected chi connectivity index (χ0v) is 8.77. The fourth-order valence-electron chi connectivity index (χ4n) is 1.36. The molecular formula is C12H18O2. The molecule has 1 unspecified atom stereocenters. The first kappa shape index (κ1) is 11.1. The number of aromatic hydroxyl groups is 1. The lowest BCUT2D eigenvalue weighted by molar-refractivity contribution is 0.116. The van der Waals surface area contributed by atoms with Crippen LogP contribution in [0.25, 0.3) is 0 Å². The number of aliphatic hydroxyl groups is 1. The fourth-order valence-corrected chi connectivity index (χ4v) is 1.36. The quantitative estimate of drug-likeness (QED) is 0.772. The molecule has 0 amide bonds. The third kappa shape index (κ3) is 3.38. The van der Waals surface area contributed by atoms with Crippen molar-refractivity contribution in [1.29, 1.82) is 0 Å². The molecular weight excluding hydrogens is 176 g/mol. The van der Waals surface area contributed by atoms with Crippen LogP contribution in [0.3, 0.4) is 0 Å². The van der Waals surface area contributed by atoms with Crippen LogP contribution in [0.2, 0.25) is 0 Å². The highest BCUT2D eigenvalue weighted by Crippen LogP contribution is 2.15. The van der Waals surface area contributed by atoms with Gasteiger partial charge in [0.05, 0.1) is 6.10 Å². The summed E-state index contributed by atoms with van der Waals surface area (Å²) in [4.78, 5) is 0. The Morgan fingerprint density at radius 3 is 2.57 bits per heavy atom. The number of phenols is 1. The monoisotopic (exact) mass is 194 g/mol. The molecule has 0 spiro atoms. The van der Waals surface area contributed by atoms with Gasteiger partial charge in [-0.05, 0) is 36.5 Å². The fraction of sp³-hybridized carbons (Fsp3) is 0.500. The van der Waals surface area contributed by atoms with Gasteiger partial charge in [-0.15, -0.1) is 0 Å². The Balaban J connectivity index is 2.45. The van der Waals surface area contributed by atoms with E-state index in [1.807, 2.05) is 26.0 Å². The van der Waals surface area contributed by atoms with E-state index in [4.69, 9.17) is 0 Å². The van der Waals surface area contributed by atoms with Crippen molar-refractivity contribution in [3.63, 3.8) is 0 Å². The van der Waals surface area contributed by atoms with Crippen molar-refractivity contribution in [2.24, 2.45) is 5.92 Å². The van der Waals surface area contributed by atoms with Crippen LogP contribution in [0.1, 0.15) is 25.8 Å². The summed E-state index contributed by atoms with van der Waals surface area (Å²) >= 11 is 0. The summed E-state index contributed by atoms with van der Waals surface area (Å²) in [5.41, 5.74) is 1.07. The standard InChI is InChI=1S/C12H18O2/c1-9(2)12(14)7-6-10-4-3-5-11(13)8-10/h3-5,8-9,12-14H,6-7H2,1-2H3. The number of phenolic OH excluding ortho intramolecular Hbond substituents is 1. The Morgan fingerprint density at radius 1 is 1.29 bits per heavy atom. The lowest BCUT2D eigenvalue weighted by Gasteiger charge is -2.13. The maximum Gasteiger partial charge on any atom is 0.115 e. The third-order valence-corrected chi connectivity index (χ3v) is 2.41. The summed E-state index contributed by atoms with van der Waals surface area (Å²) in [5, 5.41) is 18.8. The summed E-state index contributed by atoms with van der Waals surface area (Å²) in [5.74, 6) is 0.592. The van der Waals surface area contributed by atoms with Gasteiger partial charge >= 0.3 is 0 Å². The van der Waals surface area contributed by atoms with E-state index >= 15 is 0 Å². The van der Waals surface area contributed by atoms with Gasteiger partial charge in [-0.25, -0.2) is 0 Å². The zero-order valence-electron chi connectivity index (χ0n) is 8.77. The summed E-state index contributed by atoms with van der Waals surface area (Å²) < 4.78 is 0. The van der Waals surface area contributed by atoms with E-state index < -0.39 is 0 Å². The minimum absolute atomic E-state index is 0.252. The maximum absolute atomic E-state index is 9.59. The van der Waals surface area contributed by atoms with E-state index in [0.29, 0.717) is 11.7 Å². The number of aryl methyl sites for hydroxylation is 1. The van der Waals surface area contributed by atoms with E-state index in [2.05, 4.69) is 0 Å². The van der Waals surface area contributed by atoms with Crippen LogP contribution in [0, 0.1) is 5.92 Å². The second kappa shape index (κ2) is 5.01. The Hall–Kier alpha value is -1.02. The molecule has 0 aromatic heterocycles. The molecule has 0 aliphatic heterocycles. The topological polar surface area (TPSA) is 40.5 Å². The molecule has 2 N–H and O–H groups in total. The highest BCUT2D eigenvalue weighted by Gasteiger charge is 2.08. The van der Waals surface area contributed by atoms with Gasteiger partial charge < -0.3 is 10.2 Å². The molecule has 0 aliphatic rings. The average Bonchev–Trinajstić information content (AvgIpc) is 2.14. The molecule has 0 saturated carbocycles. The molecule has 0 radical (unpaired) electrons. The van der Waals surface area contributed by atoms with Crippen molar-refractivity contribution >= 4 is 0 Å². The van der Waals surface area contributed by atoms with E-state index in [0.717, 1.165) is 18.4 Å². The lowest BCUT2D eigenvalue weighted by atomic mass is 9.99. The molecule has 1 atom stereocenters. The lowest BCUT2D eigenvalue weighted by Crippen LogP contribution is -2.15. The summed E-state index contributed by atoms with van der Waals surface area (Å²) in [6.07, 6.45) is 1.31. The molecule has 14 heavy (non-hydrogen) atoms. The molecule has 1 rings (SSSR count). The Kier molecular flexibility index (Phi) is 3.96. The minimum atomic E-state index is -0.252. The van der Waals surface area contributed by atoms with Crippen molar-refractivity contribution in [3.8, 4) is 5.75 Å². The molecule has 0 fully saturated rings. The van der Waals surface area contributed by atoms with Gasteiger partial charge in [0.2, 0.25) is 0 Å². The van der Waals surface area contributed by atoms with Crippen LogP contribution in [0.4, 0.5) is 0 Å². The highest BCUT2D eigenvalue weighted by molar-refractivity contribution is 5.27. The van der Waals surface area contributed by atoms with Crippen LogP contribution in [0.5, 0.6) is 5.75 Å². The number of rotatable bonds is 4. The summed E-state index contributed by atoms with van der Waals surface area (Å²) in [7, 11) is 0. The van der Waals surface area contributed by atoms with E-state index in [9.17, 15) is 10.2 Å². The number of aliphatic hydroxyl groups excluding tert-OH is 1. The van der Waals surface area contributed by atoms with Crippen LogP contribution in [0.15, 0.2) is 24.3 Å². The molecule has 2 heteroatoms. The first-order valence-corrected chi connectivity index (χ1v) is 5.05. The molecule has 1 aromatic rings. The molecule has 0 saturated heterocycles. The number of hydrogen-bond acceptors (Lipinski definition) is 2. The van der Waals surface area contributed by atoms with Gasteiger partial charge in [-0.3, -0.25) is 0 Å². The van der Waals surface area contributed by atoms with Gasteiger partial charge in [-0.2, -0.15) is 0 Å². The summed E-state index contributed by atoms with van der Waals surface area (Å²) in [6.45, 7) is 4.01. The normalized spacial score (nSPS) is 13.1. The van der Waals surface area contributed by atoms with Gasteiger partial charge in [0.15, 0.2) is 0 Å². The highest BCUT2D eigenvalue weighted by atomic mass is 16.3. The first-order valence-electron chi connectivity index (χ1n) is 5.05. The van der Waals surface area contributed by atoms with Crippen LogP contribution >= 0.6 is 0 Å². The van der Waals surface area contributed by atoms with Crippen molar-refractivity contribution in [3.05, 3.63) is 29.8 Å². The van der Waals surface area contributed by atoms with Crippen molar-refractivity contribution < 1.29 is 10.2 Å². The third-order valence-electron chi connectivity index (χ3n) is 2.41. The predicted molar refractivity (Wildman–Crippen MR) is 57.3 cm³/mol. The molecule has 0 heterocycles. The number of hydrogen-bond donors (Lipinski definition) is 2. The Labute approximate surface area is 85.2 Å². The van der Waals surface area contributed by atoms with Gasteiger partial charge in [0.25, 0.3) is 0 Å². The van der Waals surface area contributed by atoms with Crippen molar-refractivity contribution in [1.82, 2.24) is 0 Å².